The fourth-order valence-electron chi connectivity index (χ4n) is 2.32. The third-order valence-electron chi connectivity index (χ3n) is 3.66. The van der Waals surface area contributed by atoms with Crippen molar-refractivity contribution >= 4 is 39.1 Å². The summed E-state index contributed by atoms with van der Waals surface area (Å²) in [6.45, 7) is 2.08. The maximum absolute atomic E-state index is 6.41. The molecule has 0 saturated heterocycles. The van der Waals surface area contributed by atoms with Gasteiger partial charge in [-0.1, -0.05) is 41.4 Å². The van der Waals surface area contributed by atoms with Crippen LogP contribution in [0.15, 0.2) is 29.6 Å². The fourth-order valence-corrected chi connectivity index (χ4v) is 3.59. The van der Waals surface area contributed by atoms with Crippen LogP contribution < -0.4 is 5.32 Å². The third kappa shape index (κ3) is 2.49. The molecular weight excluding hydrogens is 302 g/mol. The molecule has 1 fully saturated rings. The van der Waals surface area contributed by atoms with Crippen molar-refractivity contribution in [3.8, 4) is 11.1 Å². The quantitative estimate of drug-likeness (QED) is 0.699. The van der Waals surface area contributed by atoms with Crippen molar-refractivity contribution in [3.63, 3.8) is 0 Å². The average molecular weight is 316 g/mol. The third-order valence-corrected chi connectivity index (χ3v) is 4.81. The van der Waals surface area contributed by atoms with Gasteiger partial charge in [0.1, 0.15) is 9.98 Å². The number of anilines is 1. The van der Waals surface area contributed by atoms with Gasteiger partial charge < -0.3 is 5.32 Å². The first kappa shape index (κ1) is 13.0. The highest BCUT2D eigenvalue weighted by Crippen LogP contribution is 2.37. The van der Waals surface area contributed by atoms with Gasteiger partial charge in [0, 0.05) is 17.0 Å². The molecule has 5 heteroatoms. The van der Waals surface area contributed by atoms with Gasteiger partial charge in [-0.25, -0.2) is 9.97 Å². The molecule has 106 valence electrons. The molecule has 3 aromatic rings. The Morgan fingerprint density at radius 1 is 1.19 bits per heavy atom. The minimum Gasteiger partial charge on any atom is -0.351 e. The lowest BCUT2D eigenvalue weighted by Crippen LogP contribution is -2.05. The number of hydrogen-bond donors (Lipinski definition) is 1. The highest BCUT2D eigenvalue weighted by molar-refractivity contribution is 7.17. The SMILES string of the molecule is Cc1ccc(-c2csc3nc(NC4CC4)nc(Cl)c23)cc1. The van der Waals surface area contributed by atoms with Crippen LogP contribution in [0.5, 0.6) is 0 Å². The van der Waals surface area contributed by atoms with Crippen molar-refractivity contribution in [2.24, 2.45) is 0 Å². The summed E-state index contributed by atoms with van der Waals surface area (Å²) in [5, 5.41) is 6.89. The van der Waals surface area contributed by atoms with E-state index < -0.39 is 0 Å². The van der Waals surface area contributed by atoms with E-state index in [-0.39, 0.29) is 0 Å². The van der Waals surface area contributed by atoms with E-state index in [1.165, 1.54) is 18.4 Å². The predicted octanol–water partition coefficient (Wildman–Crippen LogP) is 4.89. The van der Waals surface area contributed by atoms with Gasteiger partial charge in [-0.05, 0) is 25.3 Å². The van der Waals surface area contributed by atoms with Gasteiger partial charge in [-0.3, -0.25) is 0 Å². The van der Waals surface area contributed by atoms with E-state index in [1.807, 2.05) is 0 Å². The summed E-state index contributed by atoms with van der Waals surface area (Å²) in [6, 6.07) is 8.97. The maximum atomic E-state index is 6.41. The van der Waals surface area contributed by atoms with E-state index in [9.17, 15) is 0 Å². The Morgan fingerprint density at radius 3 is 2.67 bits per heavy atom. The van der Waals surface area contributed by atoms with Gasteiger partial charge in [-0.15, -0.1) is 11.3 Å². The van der Waals surface area contributed by atoms with Gasteiger partial charge >= 0.3 is 0 Å². The van der Waals surface area contributed by atoms with Crippen molar-refractivity contribution in [3.05, 3.63) is 40.4 Å². The van der Waals surface area contributed by atoms with Crippen LogP contribution in [-0.4, -0.2) is 16.0 Å². The number of aromatic nitrogens is 2. The Balaban J connectivity index is 1.81. The number of halogens is 1. The monoisotopic (exact) mass is 315 g/mol. The smallest absolute Gasteiger partial charge is 0.225 e. The Kier molecular flexibility index (Phi) is 3.08. The van der Waals surface area contributed by atoms with E-state index in [1.54, 1.807) is 11.3 Å². The summed E-state index contributed by atoms with van der Waals surface area (Å²) in [6.07, 6.45) is 2.39. The summed E-state index contributed by atoms with van der Waals surface area (Å²) < 4.78 is 0. The molecule has 21 heavy (non-hydrogen) atoms. The zero-order valence-corrected chi connectivity index (χ0v) is 13.1. The van der Waals surface area contributed by atoms with Crippen LogP contribution in [-0.2, 0) is 0 Å². The number of hydrogen-bond acceptors (Lipinski definition) is 4. The van der Waals surface area contributed by atoms with E-state index in [0.717, 1.165) is 21.3 Å². The molecule has 2 heterocycles. The molecule has 0 atom stereocenters. The second-order valence-corrected chi connectivity index (χ2v) is 6.67. The molecule has 0 radical (unpaired) electrons. The Bertz CT molecular complexity index is 806. The molecule has 1 aromatic carbocycles. The van der Waals surface area contributed by atoms with Crippen LogP contribution in [0.3, 0.4) is 0 Å². The number of aryl methyl sites for hydroxylation is 1. The number of rotatable bonds is 3. The van der Waals surface area contributed by atoms with Crippen molar-refractivity contribution in [1.82, 2.24) is 9.97 Å². The van der Waals surface area contributed by atoms with Gasteiger partial charge in [0.15, 0.2) is 0 Å². The lowest BCUT2D eigenvalue weighted by atomic mass is 10.1. The fraction of sp³-hybridized carbons (Fsp3) is 0.250. The van der Waals surface area contributed by atoms with E-state index in [4.69, 9.17) is 11.6 Å². The molecule has 0 aliphatic heterocycles. The minimum absolute atomic E-state index is 0.523. The van der Waals surface area contributed by atoms with Crippen LogP contribution in [0, 0.1) is 6.92 Å². The molecule has 1 N–H and O–H groups in total. The first-order chi connectivity index (χ1) is 10.2. The molecule has 1 aliphatic carbocycles. The van der Waals surface area contributed by atoms with Gasteiger partial charge in [-0.2, -0.15) is 0 Å². The molecule has 0 amide bonds. The van der Waals surface area contributed by atoms with Crippen molar-refractivity contribution < 1.29 is 0 Å². The van der Waals surface area contributed by atoms with Gasteiger partial charge in [0.25, 0.3) is 0 Å². The maximum Gasteiger partial charge on any atom is 0.225 e. The summed E-state index contributed by atoms with van der Waals surface area (Å²) >= 11 is 8.02. The summed E-state index contributed by atoms with van der Waals surface area (Å²) in [7, 11) is 0. The summed E-state index contributed by atoms with van der Waals surface area (Å²) in [5.74, 6) is 0.646. The molecule has 0 spiro atoms. The molecule has 0 unspecified atom stereocenters. The number of benzene rings is 1. The van der Waals surface area contributed by atoms with Crippen molar-refractivity contribution in [2.45, 2.75) is 25.8 Å². The highest BCUT2D eigenvalue weighted by Gasteiger charge is 2.23. The van der Waals surface area contributed by atoms with Crippen LogP contribution in [0.1, 0.15) is 18.4 Å². The minimum atomic E-state index is 0.523. The molecule has 0 bridgehead atoms. The number of thiophene rings is 1. The number of nitrogens with one attached hydrogen (secondary N) is 1. The van der Waals surface area contributed by atoms with Gasteiger partial charge in [0.2, 0.25) is 5.95 Å². The largest absolute Gasteiger partial charge is 0.351 e. The Morgan fingerprint density at radius 2 is 1.95 bits per heavy atom. The molecule has 1 saturated carbocycles. The standard InChI is InChI=1S/C16H14ClN3S/c1-9-2-4-10(5-3-9)12-8-21-15-13(12)14(17)19-16(20-15)18-11-6-7-11/h2-5,8,11H,6-7H2,1H3,(H,18,19,20). The second kappa shape index (κ2) is 4.97. The molecule has 4 rings (SSSR count). The molecule has 3 nitrogen and oxygen atoms in total. The Hall–Kier alpha value is -1.65. The number of nitrogens with zero attached hydrogens (tertiary/aromatic N) is 2. The highest BCUT2D eigenvalue weighted by atomic mass is 35.5. The molecular formula is C16H14ClN3S. The molecule has 1 aliphatic rings. The first-order valence-corrected chi connectivity index (χ1v) is 8.25. The molecule has 2 aromatic heterocycles. The van der Waals surface area contributed by atoms with E-state index >= 15 is 0 Å². The lowest BCUT2D eigenvalue weighted by molar-refractivity contribution is 1.07. The van der Waals surface area contributed by atoms with Gasteiger partial charge in [0.05, 0.1) is 5.39 Å². The topological polar surface area (TPSA) is 37.8 Å². The van der Waals surface area contributed by atoms with Crippen molar-refractivity contribution in [2.75, 3.05) is 5.32 Å². The van der Waals surface area contributed by atoms with Crippen LogP contribution in [0.2, 0.25) is 5.15 Å². The zero-order chi connectivity index (χ0) is 14.4. The van der Waals surface area contributed by atoms with Crippen LogP contribution in [0.25, 0.3) is 21.3 Å². The first-order valence-electron chi connectivity index (χ1n) is 6.99. The lowest BCUT2D eigenvalue weighted by Gasteiger charge is -2.05. The van der Waals surface area contributed by atoms with Crippen molar-refractivity contribution in [1.29, 1.82) is 0 Å². The van der Waals surface area contributed by atoms with Crippen LogP contribution >= 0.6 is 22.9 Å². The van der Waals surface area contributed by atoms with E-state index in [2.05, 4.69) is 51.9 Å². The zero-order valence-electron chi connectivity index (χ0n) is 11.6. The van der Waals surface area contributed by atoms with Crippen LogP contribution in [0.4, 0.5) is 5.95 Å². The summed E-state index contributed by atoms with van der Waals surface area (Å²) in [4.78, 5) is 9.94. The van der Waals surface area contributed by atoms with E-state index in [0.29, 0.717) is 17.1 Å². The number of fused-ring (bicyclic) bond motifs is 1. The normalized spacial score (nSPS) is 14.6. The summed E-state index contributed by atoms with van der Waals surface area (Å²) in [5.41, 5.74) is 3.51. The second-order valence-electron chi connectivity index (χ2n) is 5.45. The predicted molar refractivity (Wildman–Crippen MR) is 89.2 cm³/mol. The average Bonchev–Trinajstić information content (AvgIpc) is 3.16. The Labute approximate surface area is 132 Å².